The van der Waals surface area contributed by atoms with Crippen LogP contribution in [-0.2, 0) is 18.9 Å². The molecule has 4 aliphatic heterocycles. The number of carbonyl (C=O) groups excluding carboxylic acids is 2. The Balaban J connectivity index is 0.000000115. The van der Waals surface area contributed by atoms with E-state index in [-0.39, 0.29) is 11.8 Å². The molecule has 0 unspecified atom stereocenters. The number of morpholine rings is 4. The molecule has 30 nitrogen and oxygen atoms in total. The summed E-state index contributed by atoms with van der Waals surface area (Å²) >= 11 is 6.61. The minimum Gasteiger partial charge on any atom is -0.492 e. The van der Waals surface area contributed by atoms with Crippen LogP contribution < -0.4 is 50.8 Å². The Kier molecular flexibility index (Phi) is 29.1. The monoisotopic (exact) mass is 1870 g/mol. The largest absolute Gasteiger partial charge is 0.492 e. The number of pyridine rings is 4. The van der Waals surface area contributed by atoms with Crippen LogP contribution in [0.15, 0.2) is 228 Å². The minimum absolute atomic E-state index is 0.149. The van der Waals surface area contributed by atoms with E-state index in [0.29, 0.717) is 60.2 Å². The van der Waals surface area contributed by atoms with E-state index < -0.39 is 0 Å². The van der Waals surface area contributed by atoms with Gasteiger partial charge in [0.15, 0.2) is 11.6 Å². The summed E-state index contributed by atoms with van der Waals surface area (Å²) in [5, 5.41) is 50.2. The van der Waals surface area contributed by atoms with Crippen LogP contribution in [0.1, 0.15) is 20.7 Å². The van der Waals surface area contributed by atoms with E-state index >= 15 is 0 Å². The molecule has 14 heterocycles. The summed E-state index contributed by atoms with van der Waals surface area (Å²) in [5.41, 5.74) is 9.73. The van der Waals surface area contributed by atoms with E-state index in [0.717, 1.165) is 284 Å². The number of thiophene rings is 4. The molecule has 0 saturated carbocycles. The molecule has 0 atom stereocenters. The van der Waals surface area contributed by atoms with Crippen molar-refractivity contribution in [2.75, 3.05) is 193 Å². The maximum Gasteiger partial charge on any atom is 0.253 e. The molecule has 0 spiro atoms. The number of hydrogen-bond acceptors (Lipinski definition) is 30. The van der Waals surface area contributed by atoms with Crippen molar-refractivity contribution < 1.29 is 47.5 Å². The summed E-state index contributed by atoms with van der Waals surface area (Å²) < 4.78 is 50.0. The van der Waals surface area contributed by atoms with Crippen molar-refractivity contribution in [3.05, 3.63) is 239 Å². The Hall–Kier alpha value is -13.5. The fraction of sp³-hybridized carbons (Fsp3) is 0.260. The first kappa shape index (κ1) is 89.7. The van der Waals surface area contributed by atoms with Gasteiger partial charge in [-0.2, -0.15) is 10.2 Å². The van der Waals surface area contributed by atoms with Crippen LogP contribution in [0, 0.1) is 0 Å². The van der Waals surface area contributed by atoms with Crippen molar-refractivity contribution >= 4 is 187 Å². The lowest BCUT2D eigenvalue weighted by molar-refractivity contribution is 0.0322. The van der Waals surface area contributed by atoms with Gasteiger partial charge >= 0.3 is 0 Å². The standard InChI is InChI=1S/2C25H24N6O2S.2C25H26N4O3S/c2*1-3-17(15-18(4-1)33-13-10-31-8-11-32-12-9-31)28-25-23-20(7-14-34-23)19-5-2-6-21(22(19)29-25)24-26-16-27-30-24;2*1-26-25(30)21-7-3-6-19-20-8-15-33-23(20)24(28-22(19)21)27-17-4-2-5-18(16-17)32-14-11-29-9-12-31-13-10-29/h2*1-7,14-16H,8-13H2,(H,28,29)(H,26,27,30);2*2-8,15-16H,9-14H2,1H3,(H,26,30)(H,27,28). The predicted octanol–water partition coefficient (Wildman–Crippen LogP) is 17.9. The van der Waals surface area contributed by atoms with E-state index in [9.17, 15) is 9.59 Å². The first-order valence-corrected chi connectivity index (χ1v) is 48.2. The summed E-state index contributed by atoms with van der Waals surface area (Å²) in [7, 11) is 3.27. The molecule has 134 heavy (non-hydrogen) atoms. The van der Waals surface area contributed by atoms with Gasteiger partial charge in [-0.3, -0.25) is 39.4 Å². The molecule has 8 N–H and O–H groups in total. The first-order valence-electron chi connectivity index (χ1n) is 44.7. The van der Waals surface area contributed by atoms with Gasteiger partial charge in [0, 0.05) is 194 Å². The zero-order chi connectivity index (χ0) is 90.7. The summed E-state index contributed by atoms with van der Waals surface area (Å²) in [5.74, 6) is 7.49. The number of hydrogen-bond donors (Lipinski definition) is 8. The highest BCUT2D eigenvalue weighted by Crippen LogP contribution is 2.43. The summed E-state index contributed by atoms with van der Waals surface area (Å²) in [6, 6.07) is 64.0. The number of rotatable bonds is 28. The van der Waals surface area contributed by atoms with Crippen molar-refractivity contribution in [2.24, 2.45) is 0 Å². The van der Waals surface area contributed by atoms with Gasteiger partial charge in [-0.15, -0.1) is 45.3 Å². The van der Waals surface area contributed by atoms with Crippen LogP contribution in [-0.4, -0.2) is 254 Å². The summed E-state index contributed by atoms with van der Waals surface area (Å²) in [6.07, 6.45) is 3.03. The normalized spacial score (nSPS) is 14.5. The zero-order valence-electron chi connectivity index (χ0n) is 74.0. The summed E-state index contributed by atoms with van der Waals surface area (Å²) in [6.45, 7) is 20.1. The van der Waals surface area contributed by atoms with Crippen LogP contribution in [0.4, 0.5) is 46.0 Å². The molecule has 684 valence electrons. The highest BCUT2D eigenvalue weighted by molar-refractivity contribution is 7.19. The zero-order valence-corrected chi connectivity index (χ0v) is 77.3. The Bertz CT molecular complexity index is 6640. The molecular weight excluding hydrogens is 1770 g/mol. The van der Waals surface area contributed by atoms with Gasteiger partial charge < -0.3 is 69.8 Å². The Labute approximate surface area is 788 Å². The van der Waals surface area contributed by atoms with Crippen molar-refractivity contribution in [3.63, 3.8) is 0 Å². The van der Waals surface area contributed by atoms with Gasteiger partial charge in [-0.1, -0.05) is 72.8 Å². The van der Waals surface area contributed by atoms with Crippen molar-refractivity contribution in [2.45, 2.75) is 0 Å². The Morgan fingerprint density at radius 1 is 0.336 bits per heavy atom. The lowest BCUT2D eigenvalue weighted by atomic mass is 10.1. The maximum atomic E-state index is 12.4. The molecular formula is C100H100N20O10S4. The number of anilines is 8. The number of nitrogens with zero attached hydrogens (tertiary/aromatic N) is 12. The molecule has 34 heteroatoms. The SMILES string of the molecule is CNC(=O)c1cccc2c1nc(Nc1cccc(OCCN3CCOCC3)c1)c1sccc12.CNC(=O)c1cccc2c1nc(Nc1cccc(OCCN3CCOCC3)c1)c1sccc12.c1cc(Nc2nc3c(-c4ncn[nH]4)cccc3c3ccsc23)cc(OCCN2CCOCC2)c1.c1cc(Nc2nc3c(-c4ncn[nH]4)cccc3c3ccsc23)cc(OCCN2CCOCC2)c1. The van der Waals surface area contributed by atoms with Crippen molar-refractivity contribution in [1.29, 1.82) is 0 Å². The number of aromatic amines is 2. The molecule has 4 fully saturated rings. The first-order chi connectivity index (χ1) is 66.1. The molecule has 2 amide bonds. The maximum absolute atomic E-state index is 12.4. The molecule has 10 aromatic heterocycles. The number of fused-ring (bicyclic) bond motifs is 12. The number of nitrogens with one attached hydrogen (secondary N) is 8. The second-order valence-corrected chi connectivity index (χ2v) is 35.6. The van der Waals surface area contributed by atoms with Gasteiger partial charge in [0.25, 0.3) is 11.8 Å². The topological polar surface area (TPSA) is 328 Å². The number of aromatic nitrogens is 10. The fourth-order valence-corrected chi connectivity index (χ4v) is 20.1. The van der Waals surface area contributed by atoms with Gasteiger partial charge in [-0.25, -0.2) is 29.9 Å². The van der Waals surface area contributed by atoms with Crippen molar-refractivity contribution in [1.82, 2.24) is 80.5 Å². The average molecular weight is 1870 g/mol. The summed E-state index contributed by atoms with van der Waals surface area (Å²) in [4.78, 5) is 62.8. The van der Waals surface area contributed by atoms with Gasteiger partial charge in [0.2, 0.25) is 0 Å². The molecule has 0 aliphatic carbocycles. The highest BCUT2D eigenvalue weighted by Gasteiger charge is 2.24. The van der Waals surface area contributed by atoms with E-state index in [1.165, 1.54) is 12.7 Å². The van der Waals surface area contributed by atoms with Crippen molar-refractivity contribution in [3.8, 4) is 45.8 Å². The molecule has 0 bridgehead atoms. The average Bonchev–Trinajstić information content (AvgIpc) is 1.67. The molecule has 0 radical (unpaired) electrons. The van der Waals surface area contributed by atoms with E-state index in [1.807, 2.05) is 146 Å². The predicted molar refractivity (Wildman–Crippen MR) is 536 cm³/mol. The molecule has 4 saturated heterocycles. The van der Waals surface area contributed by atoms with Crippen LogP contribution in [0.3, 0.4) is 0 Å². The van der Waals surface area contributed by atoms with Gasteiger partial charge in [-0.05, 0) is 119 Å². The third-order valence-corrected chi connectivity index (χ3v) is 27.2. The minimum atomic E-state index is -0.149. The van der Waals surface area contributed by atoms with Crippen LogP contribution in [0.5, 0.6) is 23.0 Å². The van der Waals surface area contributed by atoms with Crippen LogP contribution in [0.25, 0.3) is 107 Å². The lowest BCUT2D eigenvalue weighted by Gasteiger charge is -2.26. The number of carbonyl (C=O) groups is 2. The highest BCUT2D eigenvalue weighted by atomic mass is 32.1. The Morgan fingerprint density at radius 3 is 0.881 bits per heavy atom. The number of H-pyrrole nitrogens is 2. The number of ether oxygens (including phenoxy) is 8. The lowest BCUT2D eigenvalue weighted by Crippen LogP contribution is -2.38. The van der Waals surface area contributed by atoms with Gasteiger partial charge in [0.1, 0.15) is 85.4 Å². The molecule has 22 rings (SSSR count). The van der Waals surface area contributed by atoms with E-state index in [1.54, 1.807) is 71.6 Å². The van der Waals surface area contributed by atoms with Gasteiger partial charge in [0.05, 0.1) is 105 Å². The second-order valence-electron chi connectivity index (χ2n) is 31.9. The van der Waals surface area contributed by atoms with E-state index in [4.69, 9.17) is 57.8 Å². The number of benzene rings is 8. The molecule has 18 aromatic rings. The quantitative estimate of drug-likeness (QED) is 0.0226. The van der Waals surface area contributed by atoms with E-state index in [2.05, 4.69) is 140 Å². The Morgan fingerprint density at radius 2 is 0.604 bits per heavy atom. The number of para-hydroxylation sites is 4. The van der Waals surface area contributed by atoms with Crippen LogP contribution in [0.2, 0.25) is 0 Å². The number of amides is 2. The smallest absolute Gasteiger partial charge is 0.253 e. The molecule has 8 aromatic carbocycles. The van der Waals surface area contributed by atoms with Crippen LogP contribution >= 0.6 is 45.3 Å². The second kappa shape index (κ2) is 43.5. The fourth-order valence-electron chi connectivity index (χ4n) is 16.7. The third-order valence-electron chi connectivity index (χ3n) is 23.5. The third kappa shape index (κ3) is 21.4. The molecule has 4 aliphatic rings.